The van der Waals surface area contributed by atoms with Crippen molar-refractivity contribution in [2.24, 2.45) is 5.73 Å². The Balaban J connectivity index is 2.24. The van der Waals surface area contributed by atoms with Gasteiger partial charge in [0.2, 0.25) is 0 Å². The Morgan fingerprint density at radius 2 is 2.05 bits per heavy atom. The van der Waals surface area contributed by atoms with Crippen molar-refractivity contribution in [1.29, 1.82) is 0 Å². The van der Waals surface area contributed by atoms with E-state index in [1.54, 1.807) is 12.1 Å². The number of aryl methyl sites for hydroxylation is 1. The van der Waals surface area contributed by atoms with Gasteiger partial charge in [-0.2, -0.15) is 0 Å². The third kappa shape index (κ3) is 3.74. The number of aliphatic hydroxyl groups excluding tert-OH is 1. The second-order valence-electron chi connectivity index (χ2n) is 4.70. The molecular formula is C16H16ClNO3. The average Bonchev–Trinajstić information content (AvgIpc) is 2.46. The highest BCUT2D eigenvalue weighted by molar-refractivity contribution is 6.30. The second-order valence-corrected chi connectivity index (χ2v) is 5.14. The lowest BCUT2D eigenvalue weighted by Crippen LogP contribution is -2.22. The molecule has 2 aromatic carbocycles. The lowest BCUT2D eigenvalue weighted by atomic mass is 10.0. The first-order valence-corrected chi connectivity index (χ1v) is 6.81. The van der Waals surface area contributed by atoms with Crippen molar-refractivity contribution in [2.75, 3.05) is 0 Å². The zero-order valence-electron chi connectivity index (χ0n) is 11.5. The fraction of sp³-hybridized carbons (Fsp3) is 0.188. The number of benzene rings is 2. The van der Waals surface area contributed by atoms with E-state index in [0.29, 0.717) is 16.1 Å². The Hall–Kier alpha value is -2.04. The molecule has 0 spiro atoms. The van der Waals surface area contributed by atoms with Crippen molar-refractivity contribution in [3.63, 3.8) is 0 Å². The zero-order valence-corrected chi connectivity index (χ0v) is 12.3. The molecule has 5 heteroatoms. The van der Waals surface area contributed by atoms with E-state index in [9.17, 15) is 9.90 Å². The number of carbonyl (C=O) groups is 1. The van der Waals surface area contributed by atoms with Gasteiger partial charge in [0.1, 0.15) is 12.4 Å². The normalized spacial score (nSPS) is 12.0. The smallest absolute Gasteiger partial charge is 0.250 e. The molecule has 1 atom stereocenters. The van der Waals surface area contributed by atoms with Crippen LogP contribution in [0.3, 0.4) is 0 Å². The molecule has 110 valence electrons. The van der Waals surface area contributed by atoms with Crippen LogP contribution in [0, 0.1) is 6.92 Å². The van der Waals surface area contributed by atoms with Crippen LogP contribution < -0.4 is 10.5 Å². The molecule has 1 amide bonds. The highest BCUT2D eigenvalue weighted by Crippen LogP contribution is 2.25. The van der Waals surface area contributed by atoms with Crippen molar-refractivity contribution in [3.8, 4) is 5.75 Å². The maximum Gasteiger partial charge on any atom is 0.250 e. The van der Waals surface area contributed by atoms with E-state index in [0.717, 1.165) is 11.3 Å². The van der Waals surface area contributed by atoms with Crippen LogP contribution in [0.2, 0.25) is 5.02 Å². The SMILES string of the molecule is Cc1ccccc1OCc1ccc(Cl)cc1C(O)C(N)=O. The van der Waals surface area contributed by atoms with Crippen LogP contribution in [0.5, 0.6) is 5.75 Å². The summed E-state index contributed by atoms with van der Waals surface area (Å²) < 4.78 is 5.73. The lowest BCUT2D eigenvalue weighted by molar-refractivity contribution is -0.126. The number of nitrogens with two attached hydrogens (primary N) is 1. The first kappa shape index (κ1) is 15.4. The summed E-state index contributed by atoms with van der Waals surface area (Å²) in [5, 5.41) is 10.3. The van der Waals surface area contributed by atoms with Crippen molar-refractivity contribution in [1.82, 2.24) is 0 Å². The number of hydrogen-bond acceptors (Lipinski definition) is 3. The van der Waals surface area contributed by atoms with Gasteiger partial charge < -0.3 is 15.6 Å². The monoisotopic (exact) mass is 305 g/mol. The van der Waals surface area contributed by atoms with Gasteiger partial charge in [-0.25, -0.2) is 0 Å². The van der Waals surface area contributed by atoms with Crippen LogP contribution in [0.25, 0.3) is 0 Å². The molecule has 0 bridgehead atoms. The number of amides is 1. The summed E-state index contributed by atoms with van der Waals surface area (Å²) in [5.74, 6) is -0.0821. The van der Waals surface area contributed by atoms with Crippen LogP contribution in [0.4, 0.5) is 0 Å². The number of carbonyl (C=O) groups excluding carboxylic acids is 1. The maximum absolute atomic E-state index is 11.2. The molecule has 0 saturated heterocycles. The second kappa shape index (κ2) is 6.61. The molecule has 0 radical (unpaired) electrons. The highest BCUT2D eigenvalue weighted by Gasteiger charge is 2.18. The van der Waals surface area contributed by atoms with Crippen molar-refractivity contribution in [2.45, 2.75) is 19.6 Å². The van der Waals surface area contributed by atoms with Crippen molar-refractivity contribution < 1.29 is 14.6 Å². The fourth-order valence-electron chi connectivity index (χ4n) is 1.98. The Morgan fingerprint density at radius 1 is 1.33 bits per heavy atom. The Bertz CT molecular complexity index is 658. The van der Waals surface area contributed by atoms with E-state index in [1.807, 2.05) is 31.2 Å². The summed E-state index contributed by atoms with van der Waals surface area (Å²) in [4.78, 5) is 11.2. The molecule has 0 aliphatic rings. The van der Waals surface area contributed by atoms with Gasteiger partial charge >= 0.3 is 0 Å². The molecule has 0 fully saturated rings. The molecule has 0 heterocycles. The number of halogens is 1. The predicted molar refractivity (Wildman–Crippen MR) is 81.1 cm³/mol. The molecule has 0 aliphatic heterocycles. The minimum absolute atomic E-state index is 0.210. The Morgan fingerprint density at radius 3 is 2.71 bits per heavy atom. The first-order valence-electron chi connectivity index (χ1n) is 6.43. The van der Waals surface area contributed by atoms with Gasteiger partial charge in [-0.15, -0.1) is 0 Å². The van der Waals surface area contributed by atoms with E-state index >= 15 is 0 Å². The molecule has 0 aromatic heterocycles. The minimum atomic E-state index is -1.40. The molecule has 4 nitrogen and oxygen atoms in total. The fourth-order valence-corrected chi connectivity index (χ4v) is 2.16. The molecule has 0 saturated carbocycles. The molecule has 3 N–H and O–H groups in total. The van der Waals surface area contributed by atoms with Gasteiger partial charge in [0.15, 0.2) is 6.10 Å². The van der Waals surface area contributed by atoms with Crippen LogP contribution in [-0.4, -0.2) is 11.0 Å². The van der Waals surface area contributed by atoms with Crippen LogP contribution in [-0.2, 0) is 11.4 Å². The van der Waals surface area contributed by atoms with E-state index in [1.165, 1.54) is 6.07 Å². The Labute approximate surface area is 128 Å². The third-order valence-corrected chi connectivity index (χ3v) is 3.38. The van der Waals surface area contributed by atoms with Gasteiger partial charge in [-0.3, -0.25) is 4.79 Å². The topological polar surface area (TPSA) is 72.6 Å². The third-order valence-electron chi connectivity index (χ3n) is 3.15. The summed E-state index contributed by atoms with van der Waals surface area (Å²) in [6, 6.07) is 12.5. The van der Waals surface area contributed by atoms with E-state index < -0.39 is 12.0 Å². The Kier molecular flexibility index (Phi) is 4.83. The summed E-state index contributed by atoms with van der Waals surface area (Å²) in [5.41, 5.74) is 7.17. The molecule has 2 rings (SSSR count). The summed E-state index contributed by atoms with van der Waals surface area (Å²) >= 11 is 5.90. The van der Waals surface area contributed by atoms with Crippen molar-refractivity contribution in [3.05, 3.63) is 64.2 Å². The number of rotatable bonds is 5. The number of hydrogen-bond donors (Lipinski definition) is 2. The standard InChI is InChI=1S/C16H16ClNO3/c1-10-4-2-3-5-14(10)21-9-11-6-7-12(17)8-13(11)15(19)16(18)20/h2-8,15,19H,9H2,1H3,(H2,18,20). The summed E-state index contributed by atoms with van der Waals surface area (Å²) in [6.07, 6.45) is -1.40. The van der Waals surface area contributed by atoms with E-state index in [2.05, 4.69) is 0 Å². The van der Waals surface area contributed by atoms with E-state index in [-0.39, 0.29) is 6.61 Å². The first-order chi connectivity index (χ1) is 9.99. The zero-order chi connectivity index (χ0) is 15.4. The minimum Gasteiger partial charge on any atom is -0.489 e. The van der Waals surface area contributed by atoms with Crippen LogP contribution in [0.1, 0.15) is 22.8 Å². The van der Waals surface area contributed by atoms with Gasteiger partial charge in [0.25, 0.3) is 5.91 Å². The highest BCUT2D eigenvalue weighted by atomic mass is 35.5. The molecule has 21 heavy (non-hydrogen) atoms. The molecule has 2 aromatic rings. The predicted octanol–water partition coefficient (Wildman–Crippen LogP) is 2.75. The molecule has 1 unspecified atom stereocenters. The maximum atomic E-state index is 11.2. The van der Waals surface area contributed by atoms with Crippen molar-refractivity contribution >= 4 is 17.5 Å². The van der Waals surface area contributed by atoms with Gasteiger partial charge in [0.05, 0.1) is 0 Å². The summed E-state index contributed by atoms with van der Waals surface area (Å²) in [6.45, 7) is 2.15. The van der Waals surface area contributed by atoms with Gasteiger partial charge in [0, 0.05) is 5.02 Å². The number of primary amides is 1. The lowest BCUT2D eigenvalue weighted by Gasteiger charge is -2.15. The largest absolute Gasteiger partial charge is 0.489 e. The molecular weight excluding hydrogens is 290 g/mol. The number of para-hydroxylation sites is 1. The van der Waals surface area contributed by atoms with Crippen LogP contribution in [0.15, 0.2) is 42.5 Å². The number of aliphatic hydroxyl groups is 1. The molecule has 0 aliphatic carbocycles. The van der Waals surface area contributed by atoms with E-state index in [4.69, 9.17) is 22.1 Å². The summed E-state index contributed by atoms with van der Waals surface area (Å²) in [7, 11) is 0. The van der Waals surface area contributed by atoms with Gasteiger partial charge in [-0.1, -0.05) is 35.9 Å². The van der Waals surface area contributed by atoms with Gasteiger partial charge in [-0.05, 0) is 41.8 Å². The van der Waals surface area contributed by atoms with Crippen LogP contribution >= 0.6 is 11.6 Å². The number of ether oxygens (including phenoxy) is 1. The quantitative estimate of drug-likeness (QED) is 0.892. The average molecular weight is 306 g/mol.